The van der Waals surface area contributed by atoms with Crippen LogP contribution in [0.4, 0.5) is 5.69 Å². The SMILES string of the molecule is COC(=O)CCSCc1cccc(NC(=O)C2CCCC(N)C2)c1. The highest BCUT2D eigenvalue weighted by Gasteiger charge is 2.25. The molecule has 0 aromatic heterocycles. The van der Waals surface area contributed by atoms with E-state index >= 15 is 0 Å². The molecule has 1 aliphatic carbocycles. The zero-order valence-electron chi connectivity index (χ0n) is 14.1. The number of methoxy groups -OCH3 is 1. The van der Waals surface area contributed by atoms with Gasteiger partial charge in [-0.05, 0) is 37.0 Å². The molecule has 24 heavy (non-hydrogen) atoms. The van der Waals surface area contributed by atoms with Crippen LogP contribution in [0.5, 0.6) is 0 Å². The van der Waals surface area contributed by atoms with Crippen molar-refractivity contribution in [2.24, 2.45) is 11.7 Å². The molecule has 1 aliphatic rings. The molecule has 2 atom stereocenters. The first-order valence-corrected chi connectivity index (χ1v) is 9.54. The summed E-state index contributed by atoms with van der Waals surface area (Å²) >= 11 is 1.68. The summed E-state index contributed by atoms with van der Waals surface area (Å²) in [7, 11) is 1.40. The van der Waals surface area contributed by atoms with E-state index in [0.29, 0.717) is 6.42 Å². The first-order valence-electron chi connectivity index (χ1n) is 8.38. The summed E-state index contributed by atoms with van der Waals surface area (Å²) in [6.07, 6.45) is 4.15. The van der Waals surface area contributed by atoms with Crippen molar-refractivity contribution in [3.8, 4) is 0 Å². The number of amides is 1. The Morgan fingerprint density at radius 1 is 1.38 bits per heavy atom. The zero-order valence-corrected chi connectivity index (χ0v) is 14.9. The number of anilines is 1. The second-order valence-electron chi connectivity index (χ2n) is 6.19. The van der Waals surface area contributed by atoms with Crippen LogP contribution in [0.3, 0.4) is 0 Å². The molecule has 0 bridgehead atoms. The van der Waals surface area contributed by atoms with E-state index in [1.807, 2.05) is 24.3 Å². The number of thioether (sulfide) groups is 1. The molecule has 6 heteroatoms. The number of esters is 1. The van der Waals surface area contributed by atoms with Gasteiger partial charge in [0, 0.05) is 29.2 Å². The van der Waals surface area contributed by atoms with Crippen LogP contribution in [0, 0.1) is 5.92 Å². The number of carbonyl (C=O) groups is 2. The molecule has 2 unspecified atom stereocenters. The summed E-state index contributed by atoms with van der Waals surface area (Å²) in [5.41, 5.74) is 7.92. The highest BCUT2D eigenvalue weighted by atomic mass is 32.2. The third-order valence-corrected chi connectivity index (χ3v) is 5.26. The first-order chi connectivity index (χ1) is 11.6. The van der Waals surface area contributed by atoms with Gasteiger partial charge in [0.1, 0.15) is 0 Å². The maximum absolute atomic E-state index is 12.4. The van der Waals surface area contributed by atoms with Crippen molar-refractivity contribution >= 4 is 29.3 Å². The van der Waals surface area contributed by atoms with Gasteiger partial charge in [-0.2, -0.15) is 11.8 Å². The van der Waals surface area contributed by atoms with Crippen LogP contribution in [0.25, 0.3) is 0 Å². The predicted molar refractivity (Wildman–Crippen MR) is 97.8 cm³/mol. The lowest BCUT2D eigenvalue weighted by atomic mass is 9.85. The van der Waals surface area contributed by atoms with Crippen LogP contribution in [0.1, 0.15) is 37.7 Å². The van der Waals surface area contributed by atoms with Crippen LogP contribution in [0.15, 0.2) is 24.3 Å². The second-order valence-corrected chi connectivity index (χ2v) is 7.30. The normalized spacial score (nSPS) is 20.4. The van der Waals surface area contributed by atoms with E-state index in [0.717, 1.165) is 48.4 Å². The topological polar surface area (TPSA) is 81.4 Å². The average Bonchev–Trinajstić information content (AvgIpc) is 2.59. The van der Waals surface area contributed by atoms with E-state index in [1.54, 1.807) is 11.8 Å². The molecule has 5 nitrogen and oxygen atoms in total. The number of benzene rings is 1. The van der Waals surface area contributed by atoms with Crippen molar-refractivity contribution in [1.29, 1.82) is 0 Å². The van der Waals surface area contributed by atoms with Crippen LogP contribution in [-0.4, -0.2) is 30.8 Å². The molecule has 1 fully saturated rings. The van der Waals surface area contributed by atoms with E-state index in [2.05, 4.69) is 10.1 Å². The lowest BCUT2D eigenvalue weighted by Gasteiger charge is -2.25. The number of nitrogens with one attached hydrogen (secondary N) is 1. The lowest BCUT2D eigenvalue weighted by molar-refractivity contribution is -0.140. The van der Waals surface area contributed by atoms with Crippen LogP contribution in [-0.2, 0) is 20.1 Å². The average molecular weight is 350 g/mol. The minimum absolute atomic E-state index is 0.0202. The zero-order chi connectivity index (χ0) is 17.4. The Morgan fingerprint density at radius 2 is 2.21 bits per heavy atom. The molecule has 3 N–H and O–H groups in total. The van der Waals surface area contributed by atoms with Gasteiger partial charge in [0.2, 0.25) is 5.91 Å². The van der Waals surface area contributed by atoms with Gasteiger partial charge < -0.3 is 15.8 Å². The van der Waals surface area contributed by atoms with Crippen molar-refractivity contribution < 1.29 is 14.3 Å². The van der Waals surface area contributed by atoms with Gasteiger partial charge >= 0.3 is 5.97 Å². The highest BCUT2D eigenvalue weighted by Crippen LogP contribution is 2.25. The predicted octanol–water partition coefficient (Wildman–Crippen LogP) is 2.94. The van der Waals surface area contributed by atoms with Crippen LogP contribution < -0.4 is 11.1 Å². The molecule has 132 valence electrons. The Balaban J connectivity index is 1.81. The minimum atomic E-state index is -0.186. The molecule has 2 rings (SSSR count). The molecule has 1 saturated carbocycles. The standard InChI is InChI=1S/C18H26N2O3S/c1-23-17(21)8-9-24-12-13-4-2-7-16(10-13)20-18(22)14-5-3-6-15(19)11-14/h2,4,7,10,14-15H,3,5-6,8-9,11-12,19H2,1H3,(H,20,22). The molecular weight excluding hydrogens is 324 g/mol. The van der Waals surface area contributed by atoms with E-state index in [-0.39, 0.29) is 23.8 Å². The summed E-state index contributed by atoms with van der Waals surface area (Å²) in [6, 6.07) is 8.01. The van der Waals surface area contributed by atoms with Gasteiger partial charge in [-0.3, -0.25) is 9.59 Å². The lowest BCUT2D eigenvalue weighted by Crippen LogP contribution is -2.34. The second kappa shape index (κ2) is 9.69. The minimum Gasteiger partial charge on any atom is -0.469 e. The summed E-state index contributed by atoms with van der Waals surface area (Å²) < 4.78 is 4.62. The maximum atomic E-state index is 12.4. The van der Waals surface area contributed by atoms with Crippen molar-refractivity contribution in [3.63, 3.8) is 0 Å². The van der Waals surface area contributed by atoms with Crippen molar-refractivity contribution in [2.45, 2.75) is 43.9 Å². The van der Waals surface area contributed by atoms with Crippen LogP contribution in [0.2, 0.25) is 0 Å². The number of hydrogen-bond donors (Lipinski definition) is 2. The quantitative estimate of drug-likeness (QED) is 0.584. The Labute approximate surface area is 147 Å². The van der Waals surface area contributed by atoms with Crippen LogP contribution >= 0.6 is 11.8 Å². The van der Waals surface area contributed by atoms with Gasteiger partial charge in [0.25, 0.3) is 0 Å². The maximum Gasteiger partial charge on any atom is 0.306 e. The summed E-state index contributed by atoms with van der Waals surface area (Å²) in [5, 5.41) is 3.01. The number of nitrogens with two attached hydrogens (primary N) is 1. The smallest absolute Gasteiger partial charge is 0.306 e. The van der Waals surface area contributed by atoms with E-state index in [1.165, 1.54) is 7.11 Å². The fourth-order valence-electron chi connectivity index (χ4n) is 2.90. The Bertz CT molecular complexity index is 565. The Morgan fingerprint density at radius 3 is 2.96 bits per heavy atom. The first kappa shape index (κ1) is 18.8. The van der Waals surface area contributed by atoms with Gasteiger partial charge in [-0.15, -0.1) is 0 Å². The summed E-state index contributed by atoms with van der Waals surface area (Å²) in [4.78, 5) is 23.4. The van der Waals surface area contributed by atoms with Gasteiger partial charge in [-0.25, -0.2) is 0 Å². The van der Waals surface area contributed by atoms with Crippen molar-refractivity contribution in [1.82, 2.24) is 0 Å². The molecular formula is C18H26N2O3S. The molecule has 0 radical (unpaired) electrons. The van der Waals surface area contributed by atoms with Gasteiger partial charge in [-0.1, -0.05) is 18.6 Å². The highest BCUT2D eigenvalue weighted by molar-refractivity contribution is 7.98. The van der Waals surface area contributed by atoms with E-state index in [9.17, 15) is 9.59 Å². The van der Waals surface area contributed by atoms with Gasteiger partial charge in [0.05, 0.1) is 13.5 Å². The number of rotatable bonds is 7. The Hall–Kier alpha value is -1.53. The van der Waals surface area contributed by atoms with Crippen molar-refractivity contribution in [2.75, 3.05) is 18.2 Å². The molecule has 0 heterocycles. The summed E-state index contributed by atoms with van der Waals surface area (Å²) in [5.74, 6) is 1.43. The van der Waals surface area contributed by atoms with E-state index < -0.39 is 0 Å². The fraction of sp³-hybridized carbons (Fsp3) is 0.556. The molecule has 0 saturated heterocycles. The number of hydrogen-bond acceptors (Lipinski definition) is 5. The third kappa shape index (κ3) is 6.17. The Kier molecular flexibility index (Phi) is 7.59. The summed E-state index contributed by atoms with van der Waals surface area (Å²) in [6.45, 7) is 0. The number of ether oxygens (including phenoxy) is 1. The van der Waals surface area contributed by atoms with Gasteiger partial charge in [0.15, 0.2) is 0 Å². The van der Waals surface area contributed by atoms with Crippen molar-refractivity contribution in [3.05, 3.63) is 29.8 Å². The monoisotopic (exact) mass is 350 g/mol. The molecule has 0 spiro atoms. The third-order valence-electron chi connectivity index (χ3n) is 4.23. The molecule has 1 amide bonds. The van der Waals surface area contributed by atoms with E-state index in [4.69, 9.17) is 5.73 Å². The molecule has 1 aromatic rings. The largest absolute Gasteiger partial charge is 0.469 e. The molecule has 0 aliphatic heterocycles. The fourth-order valence-corrected chi connectivity index (χ4v) is 3.77. The number of carbonyl (C=O) groups excluding carboxylic acids is 2. The molecule has 1 aromatic carbocycles.